The van der Waals surface area contributed by atoms with Crippen LogP contribution in [0.2, 0.25) is 10.0 Å². The fourth-order valence-corrected chi connectivity index (χ4v) is 7.53. The molecule has 2 bridgehead atoms. The van der Waals surface area contributed by atoms with Crippen LogP contribution in [0.4, 0.5) is 15.8 Å². The van der Waals surface area contributed by atoms with Gasteiger partial charge in [0, 0.05) is 36.0 Å². The summed E-state index contributed by atoms with van der Waals surface area (Å²) < 4.78 is 38.4. The number of aromatic carboxylic acids is 1. The van der Waals surface area contributed by atoms with Crippen molar-refractivity contribution in [2.24, 2.45) is 0 Å². The second-order valence-corrected chi connectivity index (χ2v) is 12.6. The lowest BCUT2D eigenvalue weighted by molar-refractivity contribution is -0.128. The topological polar surface area (TPSA) is 101 Å². The van der Waals surface area contributed by atoms with Crippen molar-refractivity contribution in [2.45, 2.75) is 37.8 Å². The molecular weight excluding hydrogens is 640 g/mol. The van der Waals surface area contributed by atoms with Crippen LogP contribution in [0.25, 0.3) is 11.1 Å². The summed E-state index contributed by atoms with van der Waals surface area (Å²) in [6.07, 6.45) is 1.37. The average molecular weight is 673 g/mol. The Balaban J connectivity index is 1.17. The Morgan fingerprint density at radius 1 is 1.04 bits per heavy atom. The molecule has 3 aromatic rings. The Bertz CT molecular complexity index is 1670. The molecule has 1 N–H and O–H groups in total. The minimum atomic E-state index is -1.19. The second kappa shape index (κ2) is 12.5. The molecule has 0 aromatic heterocycles. The highest BCUT2D eigenvalue weighted by atomic mass is 35.5. The number of morpholine rings is 2. The lowest BCUT2D eigenvalue weighted by atomic mass is 9.96. The molecule has 242 valence electrons. The molecule has 13 heteroatoms. The number of carboxylic acid groups (broad SMARTS) is 1. The number of amides is 1. The fourth-order valence-electron chi connectivity index (χ4n) is 6.89. The number of nitrogens with zero attached hydrogens (tertiary/aromatic N) is 3. The highest BCUT2D eigenvalue weighted by Crippen LogP contribution is 2.43. The molecule has 0 radical (unpaired) electrons. The molecule has 4 aliphatic rings. The molecule has 4 aliphatic heterocycles. The number of methoxy groups -OCH3 is 1. The first kappa shape index (κ1) is 31.0. The van der Waals surface area contributed by atoms with Gasteiger partial charge in [0.1, 0.15) is 11.6 Å². The molecule has 3 unspecified atom stereocenters. The van der Waals surface area contributed by atoms with Gasteiger partial charge in [-0.15, -0.1) is 0 Å². The first-order valence-corrected chi connectivity index (χ1v) is 15.8. The third kappa shape index (κ3) is 5.54. The number of carbonyl (C=O) groups excluding carboxylic acids is 1. The van der Waals surface area contributed by atoms with Gasteiger partial charge in [-0.05, 0) is 37.1 Å². The molecule has 3 atom stereocenters. The summed E-state index contributed by atoms with van der Waals surface area (Å²) in [6, 6.07) is 11.5. The number of carboxylic acids is 1. The quantitative estimate of drug-likeness (QED) is 0.355. The van der Waals surface area contributed by atoms with Gasteiger partial charge in [0.25, 0.3) is 5.91 Å². The summed E-state index contributed by atoms with van der Waals surface area (Å²) >= 11 is 13.3. The molecule has 0 saturated carbocycles. The van der Waals surface area contributed by atoms with E-state index in [1.807, 2.05) is 11.0 Å². The number of carbonyl (C=O) groups is 2. The van der Waals surface area contributed by atoms with Crippen molar-refractivity contribution >= 4 is 46.5 Å². The first-order valence-electron chi connectivity index (χ1n) is 15.1. The molecule has 1 amide bonds. The van der Waals surface area contributed by atoms with Crippen molar-refractivity contribution in [3.8, 4) is 16.9 Å². The van der Waals surface area contributed by atoms with Gasteiger partial charge in [0.2, 0.25) is 0 Å². The molecule has 7 rings (SSSR count). The fraction of sp³-hybridized carbons (Fsp3) is 0.394. The number of rotatable bonds is 6. The van der Waals surface area contributed by atoms with Gasteiger partial charge in [0.05, 0.1) is 71.9 Å². The zero-order valence-electron chi connectivity index (χ0n) is 25.0. The Labute approximate surface area is 275 Å². The predicted molar refractivity (Wildman–Crippen MR) is 170 cm³/mol. The highest BCUT2D eigenvalue weighted by Gasteiger charge is 2.40. The van der Waals surface area contributed by atoms with Crippen LogP contribution in [-0.4, -0.2) is 87.0 Å². The van der Waals surface area contributed by atoms with Gasteiger partial charge in [-0.25, -0.2) is 9.18 Å². The number of hydrogen-bond donors (Lipinski definition) is 1. The maximum atomic E-state index is 15.7. The molecule has 4 heterocycles. The van der Waals surface area contributed by atoms with E-state index < -0.39 is 17.7 Å². The minimum absolute atomic E-state index is 0.0273. The zero-order valence-corrected chi connectivity index (χ0v) is 26.5. The van der Waals surface area contributed by atoms with Crippen molar-refractivity contribution in [3.63, 3.8) is 0 Å². The lowest BCUT2D eigenvalue weighted by Gasteiger charge is -2.37. The monoisotopic (exact) mass is 671 g/mol. The van der Waals surface area contributed by atoms with Crippen molar-refractivity contribution < 1.29 is 38.0 Å². The summed E-state index contributed by atoms with van der Waals surface area (Å²) in [5.41, 5.74) is 2.65. The SMILES string of the molecule is COC1CN(c2cc(Cl)c(C(=O)N3COc4c(cccc4-c4cc(N5C6CCC5COC6)c(C(=O)O)cc4F)C3)c(Cl)c2)CCO1. The van der Waals surface area contributed by atoms with Crippen molar-refractivity contribution in [2.75, 3.05) is 56.6 Å². The number of fused-ring (bicyclic) bond motifs is 3. The summed E-state index contributed by atoms with van der Waals surface area (Å²) in [4.78, 5) is 31.5. The number of benzene rings is 3. The maximum absolute atomic E-state index is 15.7. The largest absolute Gasteiger partial charge is 0.478 e. The van der Waals surface area contributed by atoms with E-state index in [2.05, 4.69) is 4.90 Å². The summed E-state index contributed by atoms with van der Waals surface area (Å²) in [5, 5.41) is 10.4. The van der Waals surface area contributed by atoms with Crippen LogP contribution in [0.5, 0.6) is 5.75 Å². The number of ether oxygens (including phenoxy) is 4. The Hall–Kier alpha value is -3.61. The van der Waals surface area contributed by atoms with E-state index in [0.717, 1.165) is 24.6 Å². The van der Waals surface area contributed by atoms with E-state index in [9.17, 15) is 14.7 Å². The van der Waals surface area contributed by atoms with Crippen LogP contribution in [0, 0.1) is 5.82 Å². The smallest absolute Gasteiger partial charge is 0.337 e. The van der Waals surface area contributed by atoms with Crippen LogP contribution >= 0.6 is 23.2 Å². The van der Waals surface area contributed by atoms with E-state index >= 15 is 4.39 Å². The van der Waals surface area contributed by atoms with Crippen molar-refractivity contribution in [3.05, 3.63) is 75.0 Å². The van der Waals surface area contributed by atoms with Gasteiger partial charge in [-0.1, -0.05) is 41.4 Å². The molecule has 0 spiro atoms. The van der Waals surface area contributed by atoms with Crippen LogP contribution < -0.4 is 14.5 Å². The first-order chi connectivity index (χ1) is 22.2. The lowest BCUT2D eigenvalue weighted by Crippen LogP contribution is -2.46. The van der Waals surface area contributed by atoms with Gasteiger partial charge in [0.15, 0.2) is 13.0 Å². The molecular formula is C33H32Cl2FN3O7. The molecule has 3 aromatic carbocycles. The van der Waals surface area contributed by atoms with Gasteiger partial charge >= 0.3 is 5.97 Å². The second-order valence-electron chi connectivity index (χ2n) is 11.8. The van der Waals surface area contributed by atoms with Gasteiger partial charge < -0.3 is 38.8 Å². The van der Waals surface area contributed by atoms with E-state index in [0.29, 0.717) is 55.5 Å². The van der Waals surface area contributed by atoms with Crippen LogP contribution in [0.1, 0.15) is 39.1 Å². The van der Waals surface area contributed by atoms with E-state index in [1.165, 1.54) is 4.90 Å². The minimum Gasteiger partial charge on any atom is -0.478 e. The number of halogens is 3. The third-order valence-electron chi connectivity index (χ3n) is 9.14. The molecule has 10 nitrogen and oxygen atoms in total. The van der Waals surface area contributed by atoms with Crippen molar-refractivity contribution in [1.82, 2.24) is 4.90 Å². The zero-order chi connectivity index (χ0) is 32.1. The molecule has 3 fully saturated rings. The number of para-hydroxylation sites is 1. The standard InChI is InChI=1S/C33H32Cl2FN3O7/c1-43-29-14-37(7-8-45-29)21-9-25(34)30(26(35)10-21)32(40)38-13-18-3-2-4-22(31(18)46-17-38)23-12-28(24(33(41)42)11-27(23)36)39-19-5-6-20(39)16-44-15-19/h2-4,9-12,19-20,29H,5-8,13-17H2,1H3,(H,41,42). The van der Waals surface area contributed by atoms with E-state index in [1.54, 1.807) is 37.4 Å². The number of hydrogen-bond acceptors (Lipinski definition) is 8. The number of anilines is 2. The predicted octanol–water partition coefficient (Wildman–Crippen LogP) is 5.67. The average Bonchev–Trinajstić information content (AvgIpc) is 3.30. The highest BCUT2D eigenvalue weighted by molar-refractivity contribution is 6.40. The van der Waals surface area contributed by atoms with E-state index in [-0.39, 0.29) is 58.4 Å². The Morgan fingerprint density at radius 3 is 2.48 bits per heavy atom. The van der Waals surface area contributed by atoms with Gasteiger partial charge in [-0.3, -0.25) is 4.79 Å². The normalized spacial score (nSPS) is 22.4. The van der Waals surface area contributed by atoms with Crippen LogP contribution in [0.3, 0.4) is 0 Å². The third-order valence-corrected chi connectivity index (χ3v) is 9.73. The summed E-state index contributed by atoms with van der Waals surface area (Å²) in [7, 11) is 1.58. The summed E-state index contributed by atoms with van der Waals surface area (Å²) in [6.45, 7) is 2.63. The molecule has 3 saturated heterocycles. The van der Waals surface area contributed by atoms with Crippen LogP contribution in [0.15, 0.2) is 42.5 Å². The van der Waals surface area contributed by atoms with Crippen LogP contribution in [-0.2, 0) is 20.8 Å². The molecule has 46 heavy (non-hydrogen) atoms. The van der Waals surface area contributed by atoms with Gasteiger partial charge in [-0.2, -0.15) is 0 Å². The van der Waals surface area contributed by atoms with Crippen molar-refractivity contribution in [1.29, 1.82) is 0 Å². The molecule has 0 aliphatic carbocycles. The Morgan fingerprint density at radius 2 is 1.78 bits per heavy atom. The summed E-state index contributed by atoms with van der Waals surface area (Å²) in [5.74, 6) is -1.84. The maximum Gasteiger partial charge on any atom is 0.337 e. The Kier molecular flexibility index (Phi) is 8.45. The van der Waals surface area contributed by atoms with E-state index in [4.69, 9.17) is 42.1 Å².